The number of hydrogen-bond acceptors (Lipinski definition) is 5. The zero-order valence-electron chi connectivity index (χ0n) is 10.4. The minimum absolute atomic E-state index is 0.439. The molecule has 100 valence electrons. The highest BCUT2D eigenvalue weighted by molar-refractivity contribution is 9.10. The second kappa shape index (κ2) is 6.89. The fraction of sp³-hybridized carbons (Fsp3) is 0.667. The molecule has 0 aliphatic heterocycles. The fourth-order valence-corrected chi connectivity index (χ4v) is 2.54. The lowest BCUT2D eigenvalue weighted by Gasteiger charge is -2.21. The number of nitrogens with zero attached hydrogens (tertiary/aromatic N) is 2. The van der Waals surface area contributed by atoms with E-state index >= 15 is 0 Å². The molecule has 1 fully saturated rings. The molecule has 0 aromatic carbocycles. The molecule has 0 atom stereocenters. The molecule has 1 aliphatic carbocycles. The van der Waals surface area contributed by atoms with Crippen molar-refractivity contribution in [2.24, 2.45) is 0 Å². The minimum Gasteiger partial charge on any atom is -0.383 e. The number of ether oxygens (including phenoxy) is 1. The zero-order valence-corrected chi connectivity index (χ0v) is 11.9. The average Bonchev–Trinajstić information content (AvgIpc) is 2.35. The Hall–Kier alpha value is -0.880. The number of anilines is 2. The van der Waals surface area contributed by atoms with Gasteiger partial charge in [0.15, 0.2) is 0 Å². The Morgan fingerprint density at radius 3 is 2.83 bits per heavy atom. The van der Waals surface area contributed by atoms with Crippen LogP contribution in [0.1, 0.15) is 32.1 Å². The first-order chi connectivity index (χ1) is 8.74. The number of nitrogens with two attached hydrogens (primary N) is 1. The summed E-state index contributed by atoms with van der Waals surface area (Å²) in [6.07, 6.45) is 6.77. The summed E-state index contributed by atoms with van der Waals surface area (Å²) in [6, 6.07) is 1.67. The molecule has 1 saturated carbocycles. The molecule has 0 saturated heterocycles. The second-order valence-electron chi connectivity index (χ2n) is 4.50. The van der Waals surface area contributed by atoms with Gasteiger partial charge in [-0.3, -0.25) is 0 Å². The van der Waals surface area contributed by atoms with Crippen molar-refractivity contribution in [3.63, 3.8) is 0 Å². The van der Waals surface area contributed by atoms with Gasteiger partial charge in [0.25, 0.3) is 0 Å². The van der Waals surface area contributed by atoms with Gasteiger partial charge in [0, 0.05) is 12.6 Å². The summed E-state index contributed by atoms with van der Waals surface area (Å²) in [4.78, 5) is 8.27. The van der Waals surface area contributed by atoms with Crippen molar-refractivity contribution in [2.45, 2.75) is 38.2 Å². The molecule has 1 aromatic rings. The van der Waals surface area contributed by atoms with Crippen molar-refractivity contribution in [3.05, 3.63) is 10.7 Å². The first-order valence-corrected chi connectivity index (χ1v) is 7.19. The molecule has 1 aliphatic rings. The normalized spacial score (nSPS) is 16.7. The molecular formula is C12H19BrN4O. The number of hydrogen-bond donors (Lipinski definition) is 2. The molecule has 5 nitrogen and oxygen atoms in total. The molecule has 1 heterocycles. The van der Waals surface area contributed by atoms with Crippen LogP contribution in [0.5, 0.6) is 0 Å². The van der Waals surface area contributed by atoms with Gasteiger partial charge in [0.05, 0.1) is 12.7 Å². The molecule has 0 amide bonds. The lowest BCUT2D eigenvalue weighted by atomic mass is 9.98. The highest BCUT2D eigenvalue weighted by atomic mass is 79.9. The van der Waals surface area contributed by atoms with Gasteiger partial charge in [-0.1, -0.05) is 19.3 Å². The van der Waals surface area contributed by atoms with Gasteiger partial charge in [0.2, 0.25) is 5.95 Å². The van der Waals surface area contributed by atoms with E-state index in [9.17, 15) is 0 Å². The zero-order chi connectivity index (χ0) is 12.8. The predicted molar refractivity (Wildman–Crippen MR) is 75.5 cm³/mol. The van der Waals surface area contributed by atoms with Crippen molar-refractivity contribution in [2.75, 3.05) is 24.2 Å². The van der Waals surface area contributed by atoms with Gasteiger partial charge in [0.1, 0.15) is 10.4 Å². The maximum Gasteiger partial charge on any atom is 0.225 e. The third-order valence-corrected chi connectivity index (χ3v) is 3.41. The van der Waals surface area contributed by atoms with Crippen LogP contribution in [0.4, 0.5) is 11.8 Å². The van der Waals surface area contributed by atoms with Crippen molar-refractivity contribution in [3.8, 4) is 0 Å². The molecule has 0 spiro atoms. The lowest BCUT2D eigenvalue weighted by Crippen LogP contribution is -2.21. The van der Waals surface area contributed by atoms with E-state index in [0.29, 0.717) is 35.6 Å². The van der Waals surface area contributed by atoms with Crippen LogP contribution >= 0.6 is 15.9 Å². The largest absolute Gasteiger partial charge is 0.383 e. The van der Waals surface area contributed by atoms with E-state index in [4.69, 9.17) is 10.5 Å². The molecule has 18 heavy (non-hydrogen) atoms. The van der Waals surface area contributed by atoms with Crippen LogP contribution in [0.3, 0.4) is 0 Å². The number of rotatable bonds is 5. The van der Waals surface area contributed by atoms with Gasteiger partial charge in [-0.05, 0) is 28.8 Å². The highest BCUT2D eigenvalue weighted by Crippen LogP contribution is 2.20. The Bertz CT molecular complexity index is 362. The van der Waals surface area contributed by atoms with Crippen molar-refractivity contribution >= 4 is 27.7 Å². The Balaban J connectivity index is 1.68. The van der Waals surface area contributed by atoms with Crippen molar-refractivity contribution in [1.29, 1.82) is 0 Å². The summed E-state index contributed by atoms with van der Waals surface area (Å²) in [7, 11) is 0. The lowest BCUT2D eigenvalue weighted by molar-refractivity contribution is 0.0347. The molecule has 0 radical (unpaired) electrons. The monoisotopic (exact) mass is 314 g/mol. The first kappa shape index (κ1) is 13.5. The summed E-state index contributed by atoms with van der Waals surface area (Å²) in [5.41, 5.74) is 5.63. The predicted octanol–water partition coefficient (Wildman–Crippen LogP) is 2.58. The van der Waals surface area contributed by atoms with Crippen LogP contribution in [0.2, 0.25) is 0 Å². The number of nitrogen functional groups attached to an aromatic ring is 1. The van der Waals surface area contributed by atoms with E-state index in [1.165, 1.54) is 32.1 Å². The first-order valence-electron chi connectivity index (χ1n) is 6.39. The highest BCUT2D eigenvalue weighted by Gasteiger charge is 2.13. The topological polar surface area (TPSA) is 73.1 Å². The summed E-state index contributed by atoms with van der Waals surface area (Å²) in [5.74, 6) is 0.988. The Kier molecular flexibility index (Phi) is 5.19. The van der Waals surface area contributed by atoms with E-state index in [0.717, 1.165) is 0 Å². The SMILES string of the molecule is Nc1cc(Br)nc(NCCOC2CCCCC2)n1. The summed E-state index contributed by atoms with van der Waals surface area (Å²) < 4.78 is 6.49. The number of nitrogens with one attached hydrogen (secondary N) is 1. The quantitative estimate of drug-likeness (QED) is 0.645. The third-order valence-electron chi connectivity index (χ3n) is 3.01. The van der Waals surface area contributed by atoms with Gasteiger partial charge in [-0.15, -0.1) is 0 Å². The van der Waals surface area contributed by atoms with Crippen LogP contribution in [-0.4, -0.2) is 29.2 Å². The minimum atomic E-state index is 0.439. The van der Waals surface area contributed by atoms with Gasteiger partial charge >= 0.3 is 0 Å². The van der Waals surface area contributed by atoms with E-state index in [1.54, 1.807) is 6.07 Å². The van der Waals surface area contributed by atoms with Gasteiger partial charge in [-0.25, -0.2) is 4.98 Å². The molecule has 6 heteroatoms. The summed E-state index contributed by atoms with van der Waals surface area (Å²) in [5, 5.41) is 3.11. The van der Waals surface area contributed by atoms with E-state index < -0.39 is 0 Å². The van der Waals surface area contributed by atoms with Crippen molar-refractivity contribution in [1.82, 2.24) is 9.97 Å². The van der Waals surface area contributed by atoms with Crippen LogP contribution < -0.4 is 11.1 Å². The maximum atomic E-state index is 5.80. The smallest absolute Gasteiger partial charge is 0.225 e. The molecular weight excluding hydrogens is 296 g/mol. The number of aromatic nitrogens is 2. The molecule has 0 unspecified atom stereocenters. The van der Waals surface area contributed by atoms with E-state index in [-0.39, 0.29) is 0 Å². The van der Waals surface area contributed by atoms with Gasteiger partial charge in [-0.2, -0.15) is 4.98 Å². The van der Waals surface area contributed by atoms with Gasteiger partial charge < -0.3 is 15.8 Å². The van der Waals surface area contributed by atoms with E-state index in [2.05, 4.69) is 31.2 Å². The average molecular weight is 315 g/mol. The molecule has 1 aromatic heterocycles. The standard InChI is InChI=1S/C12H19BrN4O/c13-10-8-11(14)17-12(16-10)15-6-7-18-9-4-2-1-3-5-9/h8-9H,1-7H2,(H3,14,15,16,17). The Labute approximate surface area is 116 Å². The second-order valence-corrected chi connectivity index (χ2v) is 5.31. The van der Waals surface area contributed by atoms with Crippen LogP contribution in [-0.2, 0) is 4.74 Å². The van der Waals surface area contributed by atoms with Crippen LogP contribution in [0.15, 0.2) is 10.7 Å². The molecule has 2 rings (SSSR count). The summed E-state index contributed by atoms with van der Waals surface area (Å²) in [6.45, 7) is 1.38. The van der Waals surface area contributed by atoms with Crippen molar-refractivity contribution < 1.29 is 4.74 Å². The Morgan fingerprint density at radius 2 is 2.11 bits per heavy atom. The Morgan fingerprint density at radius 1 is 1.33 bits per heavy atom. The van der Waals surface area contributed by atoms with E-state index in [1.807, 2.05) is 0 Å². The summed E-state index contributed by atoms with van der Waals surface area (Å²) >= 11 is 3.28. The number of halogens is 1. The third kappa shape index (κ3) is 4.42. The maximum absolute atomic E-state index is 5.80. The molecule has 0 bridgehead atoms. The fourth-order valence-electron chi connectivity index (χ4n) is 2.13. The van der Waals surface area contributed by atoms with Crippen LogP contribution in [0, 0.1) is 0 Å². The molecule has 3 N–H and O–H groups in total. The van der Waals surface area contributed by atoms with Crippen LogP contribution in [0.25, 0.3) is 0 Å².